The summed E-state index contributed by atoms with van der Waals surface area (Å²) in [7, 11) is 0. The third kappa shape index (κ3) is 4.31. The second kappa shape index (κ2) is 8.22. The highest BCUT2D eigenvalue weighted by atomic mass is 16.3. The van der Waals surface area contributed by atoms with Crippen LogP contribution in [0.4, 0.5) is 0 Å². The summed E-state index contributed by atoms with van der Waals surface area (Å²) in [6.45, 7) is 5.87. The fourth-order valence-corrected chi connectivity index (χ4v) is 3.12. The number of aromatic nitrogens is 3. The molecule has 0 saturated carbocycles. The summed E-state index contributed by atoms with van der Waals surface area (Å²) in [4.78, 5) is 11.0. The molecule has 1 heterocycles. The number of carbonyl (C=O) groups excluding carboxylic acids is 1. The van der Waals surface area contributed by atoms with Gasteiger partial charge in [-0.05, 0) is 41.7 Å². The first-order valence-electron chi connectivity index (χ1n) is 9.32. The van der Waals surface area contributed by atoms with Crippen LogP contribution in [0.3, 0.4) is 0 Å². The van der Waals surface area contributed by atoms with Gasteiger partial charge in [-0.2, -0.15) is 0 Å². The molecule has 0 aliphatic heterocycles. The molecule has 0 spiro atoms. The van der Waals surface area contributed by atoms with Crippen molar-refractivity contribution in [1.82, 2.24) is 20.1 Å². The number of aromatic hydroxyl groups is 3. The van der Waals surface area contributed by atoms with Crippen LogP contribution in [-0.2, 0) is 11.2 Å². The molecule has 152 valence electrons. The first-order valence-corrected chi connectivity index (χ1v) is 9.32. The van der Waals surface area contributed by atoms with Gasteiger partial charge in [0.15, 0.2) is 5.82 Å². The largest absolute Gasteiger partial charge is 0.508 e. The van der Waals surface area contributed by atoms with Crippen LogP contribution in [0.5, 0.6) is 17.5 Å². The highest BCUT2D eigenvalue weighted by molar-refractivity contribution is 5.72. The summed E-state index contributed by atoms with van der Waals surface area (Å²) in [5.74, 6) is 0.0535. The molecule has 4 N–H and O–H groups in total. The minimum Gasteiger partial charge on any atom is -0.508 e. The van der Waals surface area contributed by atoms with Gasteiger partial charge < -0.3 is 20.6 Å². The van der Waals surface area contributed by atoms with Crippen LogP contribution in [0.1, 0.15) is 37.8 Å². The minimum absolute atomic E-state index is 0.0000560. The first-order chi connectivity index (χ1) is 13.8. The van der Waals surface area contributed by atoms with E-state index in [9.17, 15) is 20.1 Å². The Bertz CT molecular complexity index is 1030. The van der Waals surface area contributed by atoms with Gasteiger partial charge >= 0.3 is 6.01 Å². The zero-order chi connectivity index (χ0) is 21.1. The fraction of sp³-hybridized carbons (Fsp3) is 0.286. The summed E-state index contributed by atoms with van der Waals surface area (Å²) < 4.78 is 1.42. The highest BCUT2D eigenvalue weighted by Crippen LogP contribution is 2.38. The van der Waals surface area contributed by atoms with Crippen molar-refractivity contribution in [3.8, 4) is 34.6 Å². The normalized spacial score (nSPS) is 11.0. The Kier molecular flexibility index (Phi) is 5.72. The maximum atomic E-state index is 11.0. The van der Waals surface area contributed by atoms with Gasteiger partial charge in [-0.1, -0.05) is 31.1 Å². The lowest BCUT2D eigenvalue weighted by atomic mass is 9.98. The average Bonchev–Trinajstić information content (AvgIpc) is 3.03. The number of carbonyl (C=O) groups is 1. The number of phenols is 2. The fourth-order valence-electron chi connectivity index (χ4n) is 3.12. The van der Waals surface area contributed by atoms with Crippen LogP contribution in [0.25, 0.3) is 17.1 Å². The second-order valence-electron chi connectivity index (χ2n) is 7.14. The van der Waals surface area contributed by atoms with E-state index in [-0.39, 0.29) is 35.2 Å². The van der Waals surface area contributed by atoms with Gasteiger partial charge in [0, 0.05) is 19.5 Å². The molecule has 0 aliphatic carbocycles. The van der Waals surface area contributed by atoms with Crippen molar-refractivity contribution in [2.75, 3.05) is 6.54 Å². The van der Waals surface area contributed by atoms with Crippen molar-refractivity contribution in [2.45, 2.75) is 33.1 Å². The topological polar surface area (TPSA) is 121 Å². The molecule has 0 radical (unpaired) electrons. The lowest BCUT2D eigenvalue weighted by Crippen LogP contribution is -2.22. The summed E-state index contributed by atoms with van der Waals surface area (Å²) in [6, 6.07) is 9.98. The highest BCUT2D eigenvalue weighted by Gasteiger charge is 2.20. The zero-order valence-electron chi connectivity index (χ0n) is 16.5. The van der Waals surface area contributed by atoms with E-state index in [4.69, 9.17) is 0 Å². The van der Waals surface area contributed by atoms with Crippen LogP contribution in [0.2, 0.25) is 0 Å². The van der Waals surface area contributed by atoms with E-state index in [0.29, 0.717) is 29.8 Å². The Morgan fingerprint density at radius 1 is 1.07 bits per heavy atom. The number of nitrogens with one attached hydrogen (secondary N) is 1. The maximum Gasteiger partial charge on any atom is 0.319 e. The smallest absolute Gasteiger partial charge is 0.319 e. The van der Waals surface area contributed by atoms with Gasteiger partial charge in [-0.25, -0.2) is 4.57 Å². The molecule has 8 heteroatoms. The van der Waals surface area contributed by atoms with E-state index in [2.05, 4.69) is 15.5 Å². The summed E-state index contributed by atoms with van der Waals surface area (Å²) in [5.41, 5.74) is 2.64. The summed E-state index contributed by atoms with van der Waals surface area (Å²) in [6.07, 6.45) is 0.678. The quantitative estimate of drug-likeness (QED) is 0.508. The van der Waals surface area contributed by atoms with E-state index in [0.717, 1.165) is 5.56 Å². The number of benzene rings is 2. The molecule has 3 rings (SSSR count). The van der Waals surface area contributed by atoms with Gasteiger partial charge in [-0.15, -0.1) is 5.10 Å². The molecule has 1 aromatic heterocycles. The van der Waals surface area contributed by atoms with Gasteiger partial charge in [-0.3, -0.25) is 4.79 Å². The van der Waals surface area contributed by atoms with Crippen LogP contribution in [-0.4, -0.2) is 42.5 Å². The van der Waals surface area contributed by atoms with Crippen LogP contribution < -0.4 is 5.32 Å². The minimum atomic E-state index is -0.315. The third-order valence-corrected chi connectivity index (χ3v) is 4.64. The Labute approximate surface area is 168 Å². The molecule has 0 atom stereocenters. The SMILES string of the molecule is CC(=O)NCCc1ccc(-n2c(O)nnc2-c2cc(C(C)C)c(O)cc2O)cc1. The Morgan fingerprint density at radius 3 is 2.38 bits per heavy atom. The molecule has 3 aromatic rings. The van der Waals surface area contributed by atoms with Crippen molar-refractivity contribution >= 4 is 5.91 Å². The zero-order valence-corrected chi connectivity index (χ0v) is 16.5. The maximum absolute atomic E-state index is 11.0. The Balaban J connectivity index is 1.97. The lowest BCUT2D eigenvalue weighted by molar-refractivity contribution is -0.118. The summed E-state index contributed by atoms with van der Waals surface area (Å²) >= 11 is 0. The van der Waals surface area contributed by atoms with Crippen LogP contribution in [0.15, 0.2) is 36.4 Å². The number of rotatable bonds is 6. The van der Waals surface area contributed by atoms with E-state index in [1.54, 1.807) is 18.2 Å². The predicted octanol–water partition coefficient (Wildman–Crippen LogP) is 2.85. The monoisotopic (exact) mass is 396 g/mol. The Hall–Kier alpha value is -3.55. The summed E-state index contributed by atoms with van der Waals surface area (Å²) in [5, 5.41) is 41.2. The second-order valence-corrected chi connectivity index (χ2v) is 7.14. The van der Waals surface area contributed by atoms with E-state index in [1.165, 1.54) is 17.6 Å². The van der Waals surface area contributed by atoms with Crippen molar-refractivity contribution in [3.63, 3.8) is 0 Å². The van der Waals surface area contributed by atoms with E-state index >= 15 is 0 Å². The Morgan fingerprint density at radius 2 is 1.76 bits per heavy atom. The standard InChI is InChI=1S/C21H24N4O4/c1-12(2)16-10-17(19(28)11-18(16)27)20-23-24-21(29)25(20)15-6-4-14(5-7-15)8-9-22-13(3)26/h4-7,10-12,27-28H,8-9H2,1-3H3,(H,22,26)(H,24,29). The number of hydrogen-bond donors (Lipinski definition) is 4. The van der Waals surface area contributed by atoms with Gasteiger partial charge in [0.25, 0.3) is 0 Å². The van der Waals surface area contributed by atoms with E-state index < -0.39 is 0 Å². The molecular formula is C21H24N4O4. The van der Waals surface area contributed by atoms with Crippen molar-refractivity contribution in [2.24, 2.45) is 0 Å². The van der Waals surface area contributed by atoms with E-state index in [1.807, 2.05) is 26.0 Å². The molecule has 8 nitrogen and oxygen atoms in total. The average molecular weight is 396 g/mol. The molecule has 1 amide bonds. The van der Waals surface area contributed by atoms with Gasteiger partial charge in [0.1, 0.15) is 11.5 Å². The van der Waals surface area contributed by atoms with Crippen LogP contribution in [0, 0.1) is 0 Å². The predicted molar refractivity (Wildman–Crippen MR) is 108 cm³/mol. The number of amides is 1. The number of nitrogens with zero attached hydrogens (tertiary/aromatic N) is 3. The third-order valence-electron chi connectivity index (χ3n) is 4.64. The molecule has 2 aromatic carbocycles. The number of phenolic OH excluding ortho intramolecular Hbond substituents is 2. The molecule has 0 unspecified atom stereocenters. The van der Waals surface area contributed by atoms with Gasteiger partial charge in [0.05, 0.1) is 11.3 Å². The number of hydrogen-bond acceptors (Lipinski definition) is 6. The van der Waals surface area contributed by atoms with Crippen LogP contribution >= 0.6 is 0 Å². The first kappa shape index (κ1) is 20.2. The molecule has 0 aliphatic rings. The van der Waals surface area contributed by atoms with Crippen molar-refractivity contribution < 1.29 is 20.1 Å². The molecule has 0 fully saturated rings. The molecule has 0 bridgehead atoms. The molecule has 0 saturated heterocycles. The lowest BCUT2D eigenvalue weighted by Gasteiger charge is -2.14. The van der Waals surface area contributed by atoms with Crippen molar-refractivity contribution in [1.29, 1.82) is 0 Å². The molecular weight excluding hydrogens is 372 g/mol. The molecule has 29 heavy (non-hydrogen) atoms. The van der Waals surface area contributed by atoms with Gasteiger partial charge in [0.2, 0.25) is 5.91 Å². The van der Waals surface area contributed by atoms with Crippen molar-refractivity contribution in [3.05, 3.63) is 47.5 Å².